The number of hydrogen-bond acceptors (Lipinski definition) is 0. The predicted molar refractivity (Wildman–Crippen MR) is 198 cm³/mol. The molecule has 0 unspecified atom stereocenters. The Morgan fingerprint density at radius 3 is 1.37 bits per heavy atom. The minimum atomic E-state index is 1.21. The second-order valence-corrected chi connectivity index (χ2v) is 12.0. The Morgan fingerprint density at radius 2 is 0.696 bits per heavy atom. The molecular formula is C46H30. The number of benzene rings is 9. The molecule has 9 aromatic carbocycles. The molecule has 0 saturated carbocycles. The van der Waals surface area contributed by atoms with Gasteiger partial charge < -0.3 is 0 Å². The average Bonchev–Trinajstić information content (AvgIpc) is 3.14. The summed E-state index contributed by atoms with van der Waals surface area (Å²) < 4.78 is 0. The van der Waals surface area contributed by atoms with E-state index in [9.17, 15) is 0 Å². The minimum Gasteiger partial charge on any atom is -0.0622 e. The van der Waals surface area contributed by atoms with Crippen LogP contribution in [0.15, 0.2) is 182 Å². The first-order valence-corrected chi connectivity index (χ1v) is 15.9. The first-order valence-electron chi connectivity index (χ1n) is 15.9. The molecule has 0 saturated heterocycles. The van der Waals surface area contributed by atoms with E-state index < -0.39 is 0 Å². The topological polar surface area (TPSA) is 0 Å². The fourth-order valence-electron chi connectivity index (χ4n) is 7.42. The van der Waals surface area contributed by atoms with Crippen molar-refractivity contribution < 1.29 is 0 Å². The Hall–Kier alpha value is -5.98. The summed E-state index contributed by atoms with van der Waals surface area (Å²) in [6.07, 6.45) is 0. The highest BCUT2D eigenvalue weighted by atomic mass is 14.2. The van der Waals surface area contributed by atoms with Crippen molar-refractivity contribution >= 4 is 43.1 Å². The third kappa shape index (κ3) is 4.23. The summed E-state index contributed by atoms with van der Waals surface area (Å²) in [5, 5.41) is 10.2. The maximum absolute atomic E-state index is 2.43. The molecule has 0 heterocycles. The van der Waals surface area contributed by atoms with Gasteiger partial charge in [-0.15, -0.1) is 0 Å². The minimum absolute atomic E-state index is 1.21. The van der Waals surface area contributed by atoms with Gasteiger partial charge in [-0.3, -0.25) is 0 Å². The molecule has 46 heavy (non-hydrogen) atoms. The van der Waals surface area contributed by atoms with Gasteiger partial charge in [0.1, 0.15) is 0 Å². The summed E-state index contributed by atoms with van der Waals surface area (Å²) in [5.41, 5.74) is 9.98. The molecule has 9 rings (SSSR count). The molecule has 0 aliphatic heterocycles. The van der Waals surface area contributed by atoms with Gasteiger partial charge in [0.05, 0.1) is 0 Å². The van der Waals surface area contributed by atoms with Crippen LogP contribution in [0.25, 0.3) is 87.6 Å². The molecule has 0 fully saturated rings. The first-order chi connectivity index (χ1) is 22.8. The maximum Gasteiger partial charge on any atom is -0.00262 e. The molecule has 0 atom stereocenters. The standard InChI is InChI=1S/C46H30/c1-3-15-31(16-4-1)45-40-25-13-14-26-41(40)46(32-17-5-2-6-18-32)44-30-34(27-28-42(44)45)36-21-9-10-23-38(36)43-29-33-19-7-8-20-35(33)37-22-11-12-24-39(37)43/h1-30H. The maximum atomic E-state index is 2.43. The molecule has 0 spiro atoms. The Bertz CT molecular complexity index is 2560. The van der Waals surface area contributed by atoms with Crippen molar-refractivity contribution in [2.45, 2.75) is 0 Å². The van der Waals surface area contributed by atoms with Gasteiger partial charge in [-0.05, 0) is 99.7 Å². The van der Waals surface area contributed by atoms with Crippen LogP contribution in [0.4, 0.5) is 0 Å². The molecule has 0 nitrogen and oxygen atoms in total. The molecule has 0 N–H and O–H groups in total. The summed E-state index contributed by atoms with van der Waals surface area (Å²) in [6.45, 7) is 0. The normalized spacial score (nSPS) is 11.5. The van der Waals surface area contributed by atoms with Gasteiger partial charge in [0, 0.05) is 0 Å². The van der Waals surface area contributed by atoms with Crippen LogP contribution in [-0.4, -0.2) is 0 Å². The highest BCUT2D eigenvalue weighted by Gasteiger charge is 2.19. The van der Waals surface area contributed by atoms with E-state index in [0.29, 0.717) is 0 Å². The van der Waals surface area contributed by atoms with E-state index in [4.69, 9.17) is 0 Å². The molecule has 0 aromatic heterocycles. The van der Waals surface area contributed by atoms with Crippen LogP contribution in [0.5, 0.6) is 0 Å². The van der Waals surface area contributed by atoms with Gasteiger partial charge in [-0.25, -0.2) is 0 Å². The quantitative estimate of drug-likeness (QED) is 0.143. The second kappa shape index (κ2) is 10.9. The summed E-state index contributed by atoms with van der Waals surface area (Å²) in [6, 6.07) is 66.5. The van der Waals surface area contributed by atoms with Crippen molar-refractivity contribution in [1.29, 1.82) is 0 Å². The Labute approximate surface area is 268 Å². The molecule has 0 aliphatic rings. The van der Waals surface area contributed by atoms with Crippen LogP contribution in [0.3, 0.4) is 0 Å². The second-order valence-electron chi connectivity index (χ2n) is 12.0. The lowest BCUT2D eigenvalue weighted by molar-refractivity contribution is 1.61. The van der Waals surface area contributed by atoms with Crippen LogP contribution in [0.1, 0.15) is 0 Å². The zero-order valence-electron chi connectivity index (χ0n) is 25.3. The van der Waals surface area contributed by atoms with Crippen molar-refractivity contribution in [2.75, 3.05) is 0 Å². The van der Waals surface area contributed by atoms with Crippen LogP contribution in [-0.2, 0) is 0 Å². The SMILES string of the molecule is c1ccc(-c2c3ccccc3c(-c3ccccc3)c3cc(-c4ccccc4-c4cc5ccccc5c5ccccc45)ccc23)cc1. The molecule has 0 radical (unpaired) electrons. The van der Waals surface area contributed by atoms with E-state index in [-0.39, 0.29) is 0 Å². The summed E-state index contributed by atoms with van der Waals surface area (Å²) in [7, 11) is 0. The third-order valence-electron chi connectivity index (χ3n) is 9.45. The average molecular weight is 583 g/mol. The molecule has 0 amide bonds. The van der Waals surface area contributed by atoms with Crippen molar-refractivity contribution in [1.82, 2.24) is 0 Å². The Morgan fingerprint density at radius 1 is 0.217 bits per heavy atom. The summed E-state index contributed by atoms with van der Waals surface area (Å²) in [5.74, 6) is 0. The lowest BCUT2D eigenvalue weighted by Crippen LogP contribution is -1.92. The van der Waals surface area contributed by atoms with Gasteiger partial charge in [0.25, 0.3) is 0 Å². The van der Waals surface area contributed by atoms with Gasteiger partial charge in [0.15, 0.2) is 0 Å². The van der Waals surface area contributed by atoms with Gasteiger partial charge in [-0.2, -0.15) is 0 Å². The molecule has 9 aromatic rings. The number of rotatable bonds is 4. The lowest BCUT2D eigenvalue weighted by Gasteiger charge is -2.19. The van der Waals surface area contributed by atoms with Crippen LogP contribution in [0.2, 0.25) is 0 Å². The number of fused-ring (bicyclic) bond motifs is 5. The highest BCUT2D eigenvalue weighted by molar-refractivity contribution is 6.22. The number of hydrogen-bond donors (Lipinski definition) is 0. The van der Waals surface area contributed by atoms with Crippen molar-refractivity contribution in [2.24, 2.45) is 0 Å². The molecule has 0 heteroatoms. The van der Waals surface area contributed by atoms with Crippen molar-refractivity contribution in [3.63, 3.8) is 0 Å². The summed E-state index contributed by atoms with van der Waals surface area (Å²) in [4.78, 5) is 0. The van der Waals surface area contributed by atoms with Gasteiger partial charge >= 0.3 is 0 Å². The monoisotopic (exact) mass is 582 g/mol. The van der Waals surface area contributed by atoms with Crippen LogP contribution >= 0.6 is 0 Å². The van der Waals surface area contributed by atoms with E-state index in [1.807, 2.05) is 0 Å². The molecular weight excluding hydrogens is 553 g/mol. The zero-order valence-corrected chi connectivity index (χ0v) is 25.3. The zero-order chi connectivity index (χ0) is 30.5. The van der Waals surface area contributed by atoms with E-state index in [1.165, 1.54) is 87.6 Å². The molecule has 0 aliphatic carbocycles. The fraction of sp³-hybridized carbons (Fsp3) is 0. The fourth-order valence-corrected chi connectivity index (χ4v) is 7.42. The van der Waals surface area contributed by atoms with Crippen LogP contribution < -0.4 is 0 Å². The lowest BCUT2D eigenvalue weighted by atomic mass is 9.84. The third-order valence-corrected chi connectivity index (χ3v) is 9.45. The van der Waals surface area contributed by atoms with Crippen molar-refractivity contribution in [3.05, 3.63) is 182 Å². The predicted octanol–water partition coefficient (Wildman–Crippen LogP) is 13.0. The van der Waals surface area contributed by atoms with E-state index in [1.54, 1.807) is 0 Å². The Balaban J connectivity index is 1.37. The Kier molecular flexibility index (Phi) is 6.25. The van der Waals surface area contributed by atoms with Gasteiger partial charge in [0.2, 0.25) is 0 Å². The molecule has 214 valence electrons. The van der Waals surface area contributed by atoms with Gasteiger partial charge in [-0.1, -0.05) is 170 Å². The molecule has 0 bridgehead atoms. The highest BCUT2D eigenvalue weighted by Crippen LogP contribution is 2.46. The largest absolute Gasteiger partial charge is 0.0622 e. The van der Waals surface area contributed by atoms with E-state index >= 15 is 0 Å². The van der Waals surface area contributed by atoms with Crippen molar-refractivity contribution in [3.8, 4) is 44.5 Å². The van der Waals surface area contributed by atoms with E-state index in [0.717, 1.165) is 0 Å². The van der Waals surface area contributed by atoms with E-state index in [2.05, 4.69) is 182 Å². The smallest absolute Gasteiger partial charge is 0.00262 e. The first kappa shape index (κ1) is 26.4. The van der Waals surface area contributed by atoms with Crippen LogP contribution in [0, 0.1) is 0 Å². The summed E-state index contributed by atoms with van der Waals surface area (Å²) >= 11 is 0.